The summed E-state index contributed by atoms with van der Waals surface area (Å²) >= 11 is 3.33. The van der Waals surface area contributed by atoms with Crippen molar-refractivity contribution in [1.29, 1.82) is 0 Å². The van der Waals surface area contributed by atoms with Crippen molar-refractivity contribution in [2.45, 2.75) is 12.8 Å². The van der Waals surface area contributed by atoms with Crippen LogP contribution in [0.1, 0.15) is 12.8 Å². The number of halogens is 3. The van der Waals surface area contributed by atoms with E-state index in [1.165, 1.54) is 24.4 Å². The summed E-state index contributed by atoms with van der Waals surface area (Å²) in [4.78, 5) is 3.94. The van der Waals surface area contributed by atoms with Gasteiger partial charge in [0.25, 0.3) is 0 Å². The maximum absolute atomic E-state index is 14.7. The monoisotopic (exact) mass is 453 g/mol. The number of ether oxygens (including phenoxy) is 1. The summed E-state index contributed by atoms with van der Waals surface area (Å²) in [5.41, 5.74) is 6.05. The van der Waals surface area contributed by atoms with Crippen molar-refractivity contribution in [3.8, 4) is 22.8 Å². The average molecular weight is 454 g/mol. The van der Waals surface area contributed by atoms with Gasteiger partial charge in [0.05, 0.1) is 6.61 Å². The molecule has 0 unspecified atom stereocenters. The van der Waals surface area contributed by atoms with Gasteiger partial charge in [-0.25, -0.2) is 9.37 Å². The number of nitrogens with zero attached hydrogens (tertiary/aromatic N) is 5. The number of nitrogens with one attached hydrogen (secondary N) is 1. The van der Waals surface area contributed by atoms with E-state index in [0.29, 0.717) is 10.0 Å². The van der Waals surface area contributed by atoms with Gasteiger partial charge >= 0.3 is 0 Å². The number of aromatic nitrogens is 5. The predicted molar refractivity (Wildman–Crippen MR) is 103 cm³/mol. The highest BCUT2D eigenvalue weighted by molar-refractivity contribution is 9.10. The quantitative estimate of drug-likeness (QED) is 0.505. The van der Waals surface area contributed by atoms with Gasteiger partial charge < -0.3 is 15.8 Å². The Morgan fingerprint density at radius 2 is 2.07 bits per heavy atom. The molecule has 3 N–H and O–H groups in total. The van der Waals surface area contributed by atoms with Crippen LogP contribution in [0.5, 0.6) is 5.75 Å². The van der Waals surface area contributed by atoms with E-state index in [-0.39, 0.29) is 29.7 Å². The molecule has 0 aliphatic rings. The lowest BCUT2D eigenvalue weighted by atomic mass is 10.2. The molecule has 0 saturated heterocycles. The second-order valence-corrected chi connectivity index (χ2v) is 6.73. The van der Waals surface area contributed by atoms with Crippen LogP contribution in [-0.4, -0.2) is 45.4 Å². The van der Waals surface area contributed by atoms with Crippen molar-refractivity contribution >= 4 is 21.7 Å². The topological polar surface area (TPSA) is 104 Å². The molecular weight excluding hydrogens is 436 g/mol. The molecule has 2 heterocycles. The zero-order valence-electron chi connectivity index (χ0n) is 15.0. The van der Waals surface area contributed by atoms with Crippen molar-refractivity contribution in [3.05, 3.63) is 40.5 Å². The minimum Gasteiger partial charge on any atom is -0.490 e. The van der Waals surface area contributed by atoms with Gasteiger partial charge in [-0.3, -0.25) is 0 Å². The van der Waals surface area contributed by atoms with Crippen LogP contribution >= 0.6 is 15.9 Å². The largest absolute Gasteiger partial charge is 0.490 e. The Kier molecular flexibility index (Phi) is 6.47. The third kappa shape index (κ3) is 4.25. The summed E-state index contributed by atoms with van der Waals surface area (Å²) in [7, 11) is 1.85. The Bertz CT molecular complexity index is 967. The van der Waals surface area contributed by atoms with Crippen molar-refractivity contribution in [2.24, 2.45) is 0 Å². The maximum atomic E-state index is 14.7. The van der Waals surface area contributed by atoms with Gasteiger partial charge in [0.15, 0.2) is 17.4 Å². The summed E-state index contributed by atoms with van der Waals surface area (Å²) in [5.74, 6) is -1.95. The highest BCUT2D eigenvalue weighted by atomic mass is 79.9. The summed E-state index contributed by atoms with van der Waals surface area (Å²) in [5, 5.41) is 14.3. The Morgan fingerprint density at radius 3 is 2.86 bits per heavy atom. The van der Waals surface area contributed by atoms with E-state index in [9.17, 15) is 8.78 Å². The van der Waals surface area contributed by atoms with Crippen molar-refractivity contribution in [2.75, 3.05) is 25.9 Å². The minimum atomic E-state index is -1.11. The number of hydrogen-bond donors (Lipinski definition) is 2. The minimum absolute atomic E-state index is 0.151. The molecule has 8 nitrogen and oxygen atoms in total. The van der Waals surface area contributed by atoms with Crippen LogP contribution in [0.25, 0.3) is 17.1 Å². The lowest BCUT2D eigenvalue weighted by molar-refractivity contribution is 0.286. The third-order valence-corrected chi connectivity index (χ3v) is 4.55. The molecule has 2 aromatic heterocycles. The zero-order chi connectivity index (χ0) is 20.1. The van der Waals surface area contributed by atoms with Crippen LogP contribution < -0.4 is 15.8 Å². The first kappa shape index (κ1) is 20.1. The Hall–Kier alpha value is -2.66. The molecule has 0 saturated carbocycles. The van der Waals surface area contributed by atoms with Crippen LogP contribution in [0.15, 0.2) is 28.9 Å². The number of rotatable bonds is 8. The van der Waals surface area contributed by atoms with Crippen LogP contribution in [0, 0.1) is 11.6 Å². The van der Waals surface area contributed by atoms with E-state index in [0.717, 1.165) is 24.1 Å². The van der Waals surface area contributed by atoms with Gasteiger partial charge in [-0.15, -0.1) is 5.10 Å². The fourth-order valence-electron chi connectivity index (χ4n) is 2.53. The van der Waals surface area contributed by atoms with Crippen molar-refractivity contribution < 1.29 is 13.5 Å². The molecule has 0 aliphatic carbocycles. The van der Waals surface area contributed by atoms with Crippen LogP contribution in [0.3, 0.4) is 0 Å². The van der Waals surface area contributed by atoms with E-state index in [4.69, 9.17) is 10.5 Å². The summed E-state index contributed by atoms with van der Waals surface area (Å²) in [6, 6.07) is 4.25. The molecule has 0 amide bonds. The van der Waals surface area contributed by atoms with Crippen LogP contribution in [-0.2, 0) is 0 Å². The molecule has 0 radical (unpaired) electrons. The predicted octanol–water partition coefficient (Wildman–Crippen LogP) is 2.73. The maximum Gasteiger partial charge on any atom is 0.202 e. The summed E-state index contributed by atoms with van der Waals surface area (Å²) in [6.45, 7) is 1.12. The lowest BCUT2D eigenvalue weighted by Gasteiger charge is -2.11. The molecule has 0 atom stereocenters. The number of hydrogen-bond acceptors (Lipinski definition) is 7. The number of pyridine rings is 1. The number of anilines is 1. The molecule has 0 spiro atoms. The number of unbranched alkanes of at least 4 members (excludes halogenated alkanes) is 1. The van der Waals surface area contributed by atoms with Gasteiger partial charge in [0.1, 0.15) is 11.5 Å². The van der Waals surface area contributed by atoms with E-state index in [2.05, 4.69) is 41.8 Å². The second-order valence-electron chi connectivity index (χ2n) is 5.87. The number of benzene rings is 1. The van der Waals surface area contributed by atoms with Crippen molar-refractivity contribution in [3.63, 3.8) is 0 Å². The number of tetrazole rings is 1. The smallest absolute Gasteiger partial charge is 0.202 e. The number of nitrogen functional groups attached to an aromatic ring is 1. The Morgan fingerprint density at radius 1 is 1.25 bits per heavy atom. The normalized spacial score (nSPS) is 11.0. The van der Waals surface area contributed by atoms with E-state index < -0.39 is 11.6 Å². The molecule has 148 valence electrons. The highest BCUT2D eigenvalue weighted by Crippen LogP contribution is 2.31. The first-order chi connectivity index (χ1) is 13.5. The highest BCUT2D eigenvalue weighted by Gasteiger charge is 2.21. The Balaban J connectivity index is 1.89. The third-order valence-electron chi connectivity index (χ3n) is 3.92. The first-order valence-corrected chi connectivity index (χ1v) is 9.27. The van der Waals surface area contributed by atoms with Gasteiger partial charge in [-0.05, 0) is 71.0 Å². The molecule has 3 aromatic rings. The first-order valence-electron chi connectivity index (χ1n) is 8.48. The average Bonchev–Trinajstić information content (AvgIpc) is 3.16. The van der Waals surface area contributed by atoms with Crippen molar-refractivity contribution in [1.82, 2.24) is 30.5 Å². The fraction of sp³-hybridized carbons (Fsp3) is 0.294. The van der Waals surface area contributed by atoms with Crippen LogP contribution in [0.4, 0.5) is 14.6 Å². The lowest BCUT2D eigenvalue weighted by Crippen LogP contribution is -2.10. The second kappa shape index (κ2) is 9.02. The standard InChI is InChI=1S/C17H18BrF2N7O/c1-22-6-2-3-7-28-13-5-4-12(15(19)16(13)20)27-17(24-25-26-27)10-8-14(21)23-9-11(10)18/h4-5,8-9,22H,2-3,6-7H2,1H3,(H2,21,23). The molecular formula is C17H18BrF2N7O. The van der Waals surface area contributed by atoms with E-state index in [1.807, 2.05) is 7.05 Å². The van der Waals surface area contributed by atoms with Gasteiger partial charge in [-0.2, -0.15) is 9.07 Å². The van der Waals surface area contributed by atoms with E-state index >= 15 is 0 Å². The molecule has 3 rings (SSSR count). The van der Waals surface area contributed by atoms with Crippen LogP contribution in [0.2, 0.25) is 0 Å². The molecule has 0 fully saturated rings. The molecule has 1 aromatic carbocycles. The van der Waals surface area contributed by atoms with Gasteiger partial charge in [-0.1, -0.05) is 0 Å². The zero-order valence-corrected chi connectivity index (χ0v) is 16.6. The fourth-order valence-corrected chi connectivity index (χ4v) is 2.92. The molecule has 0 aliphatic heterocycles. The van der Waals surface area contributed by atoms with E-state index in [1.54, 1.807) is 0 Å². The molecule has 28 heavy (non-hydrogen) atoms. The summed E-state index contributed by atoms with van der Waals surface area (Å²) in [6.07, 6.45) is 3.07. The SMILES string of the molecule is CNCCCCOc1ccc(-n2nnnc2-c2cc(N)ncc2Br)c(F)c1F. The molecule has 11 heteroatoms. The number of nitrogens with two attached hydrogens (primary N) is 1. The summed E-state index contributed by atoms with van der Waals surface area (Å²) < 4.78 is 36.2. The van der Waals surface area contributed by atoms with Gasteiger partial charge in [0, 0.05) is 16.2 Å². The molecule has 0 bridgehead atoms. The van der Waals surface area contributed by atoms with Gasteiger partial charge in [0.2, 0.25) is 5.82 Å². The Labute approximate surface area is 168 Å².